The van der Waals surface area contributed by atoms with Crippen molar-refractivity contribution in [2.75, 3.05) is 4.90 Å². The topological polar surface area (TPSA) is 29.5 Å². The fourth-order valence-electron chi connectivity index (χ4n) is 7.29. The summed E-state index contributed by atoms with van der Waals surface area (Å²) in [7, 11) is 0. The lowest BCUT2D eigenvalue weighted by molar-refractivity contribution is 0.669. The Labute approximate surface area is 282 Å². The monoisotopic (exact) mass is 627 g/mol. The Morgan fingerprint density at radius 3 is 1.33 bits per heavy atom. The predicted octanol–water partition coefficient (Wildman–Crippen LogP) is 13.4. The van der Waals surface area contributed by atoms with Crippen molar-refractivity contribution < 1.29 is 8.83 Å². The summed E-state index contributed by atoms with van der Waals surface area (Å²) in [6.07, 6.45) is 0. The second kappa shape index (κ2) is 11.0. The van der Waals surface area contributed by atoms with Crippen LogP contribution >= 0.6 is 0 Å². The Morgan fingerprint density at radius 2 is 0.776 bits per heavy atom. The van der Waals surface area contributed by atoms with Crippen LogP contribution in [-0.4, -0.2) is 0 Å². The van der Waals surface area contributed by atoms with Gasteiger partial charge in [-0.25, -0.2) is 0 Å². The molecule has 3 nitrogen and oxygen atoms in total. The molecular weight excluding hydrogens is 599 g/mol. The van der Waals surface area contributed by atoms with E-state index in [-0.39, 0.29) is 0 Å². The van der Waals surface area contributed by atoms with Crippen molar-refractivity contribution in [3.05, 3.63) is 176 Å². The minimum atomic E-state index is 0.907. The lowest BCUT2D eigenvalue weighted by atomic mass is 10.0. The number of anilines is 3. The van der Waals surface area contributed by atoms with Crippen molar-refractivity contribution >= 4 is 71.7 Å². The molecule has 0 fully saturated rings. The van der Waals surface area contributed by atoms with Gasteiger partial charge in [-0.3, -0.25) is 0 Å². The van der Waals surface area contributed by atoms with Gasteiger partial charge in [-0.1, -0.05) is 127 Å². The van der Waals surface area contributed by atoms with E-state index in [1.54, 1.807) is 0 Å². The van der Waals surface area contributed by atoms with E-state index in [1.807, 2.05) is 24.3 Å². The quantitative estimate of drug-likeness (QED) is 0.190. The lowest BCUT2D eigenvalue weighted by Crippen LogP contribution is -2.09. The third-order valence-electron chi connectivity index (χ3n) is 9.67. The molecule has 2 heterocycles. The highest BCUT2D eigenvalue weighted by atomic mass is 16.3. The summed E-state index contributed by atoms with van der Waals surface area (Å²) in [5.74, 6) is 0. The summed E-state index contributed by atoms with van der Waals surface area (Å²) >= 11 is 0. The van der Waals surface area contributed by atoms with Crippen molar-refractivity contribution in [2.45, 2.75) is 0 Å². The minimum Gasteiger partial charge on any atom is -0.455 e. The van der Waals surface area contributed by atoms with Gasteiger partial charge in [-0.05, 0) is 70.4 Å². The average molecular weight is 628 g/mol. The highest BCUT2D eigenvalue weighted by Gasteiger charge is 2.17. The molecule has 0 N–H and O–H groups in total. The van der Waals surface area contributed by atoms with Crippen molar-refractivity contribution in [2.24, 2.45) is 0 Å². The Hall–Kier alpha value is -6.58. The number of fused-ring (bicyclic) bond motifs is 7. The smallest absolute Gasteiger partial charge is 0.143 e. The van der Waals surface area contributed by atoms with Crippen LogP contribution in [0.1, 0.15) is 0 Å². The number of rotatable bonds is 5. The normalized spacial score (nSPS) is 11.7. The molecule has 0 aliphatic rings. The van der Waals surface area contributed by atoms with E-state index in [4.69, 9.17) is 8.83 Å². The van der Waals surface area contributed by atoms with Crippen LogP contribution < -0.4 is 4.90 Å². The molecular formula is C46H29NO2. The lowest BCUT2D eigenvalue weighted by Gasteiger charge is -2.26. The molecule has 49 heavy (non-hydrogen) atoms. The molecule has 0 saturated carbocycles. The molecule has 2 aromatic heterocycles. The van der Waals surface area contributed by atoms with E-state index >= 15 is 0 Å². The number of nitrogens with zero attached hydrogens (tertiary/aromatic N) is 1. The van der Waals surface area contributed by atoms with E-state index in [1.165, 1.54) is 10.8 Å². The maximum absolute atomic E-state index is 6.37. The molecule has 0 aliphatic carbocycles. The third kappa shape index (κ3) is 4.51. The largest absolute Gasteiger partial charge is 0.455 e. The van der Waals surface area contributed by atoms with Crippen LogP contribution in [0.2, 0.25) is 0 Å². The summed E-state index contributed by atoms with van der Waals surface area (Å²) < 4.78 is 12.7. The van der Waals surface area contributed by atoms with Crippen LogP contribution in [0.4, 0.5) is 17.1 Å². The Morgan fingerprint density at radius 1 is 0.327 bits per heavy atom. The van der Waals surface area contributed by atoms with Crippen molar-refractivity contribution in [1.82, 2.24) is 0 Å². The molecule has 0 aliphatic heterocycles. The van der Waals surface area contributed by atoms with Gasteiger partial charge in [0.1, 0.15) is 22.3 Å². The molecule has 0 unspecified atom stereocenters. The maximum atomic E-state index is 6.37. The highest BCUT2D eigenvalue weighted by molar-refractivity contribution is 6.10. The number of benzene rings is 8. The molecule has 0 amide bonds. The zero-order valence-corrected chi connectivity index (χ0v) is 26.5. The van der Waals surface area contributed by atoms with Gasteiger partial charge in [-0.15, -0.1) is 0 Å². The minimum absolute atomic E-state index is 0.907. The predicted molar refractivity (Wildman–Crippen MR) is 204 cm³/mol. The van der Waals surface area contributed by atoms with Crippen LogP contribution in [0, 0.1) is 0 Å². The SMILES string of the molecule is c1ccc2cc(N(c3ccc(-c4cccc5c4oc4ccccc45)cc3)c3ccc(-c4cccc5c4oc4ccccc45)cc3)ccc2c1. The number of furan rings is 2. The van der Waals surface area contributed by atoms with Crippen LogP contribution in [0.5, 0.6) is 0 Å². The van der Waals surface area contributed by atoms with Gasteiger partial charge >= 0.3 is 0 Å². The zero-order chi connectivity index (χ0) is 32.3. The average Bonchev–Trinajstić information content (AvgIpc) is 3.74. The van der Waals surface area contributed by atoms with E-state index in [0.29, 0.717) is 0 Å². The van der Waals surface area contributed by atoms with Gasteiger partial charge in [0.2, 0.25) is 0 Å². The first-order valence-electron chi connectivity index (χ1n) is 16.6. The molecule has 0 radical (unpaired) electrons. The van der Waals surface area contributed by atoms with Crippen LogP contribution in [0.3, 0.4) is 0 Å². The zero-order valence-electron chi connectivity index (χ0n) is 26.5. The molecule has 0 saturated heterocycles. The Bertz CT molecular complexity index is 2660. The first-order chi connectivity index (χ1) is 24.3. The van der Waals surface area contributed by atoms with Crippen molar-refractivity contribution in [3.8, 4) is 22.3 Å². The highest BCUT2D eigenvalue weighted by Crippen LogP contribution is 2.41. The summed E-state index contributed by atoms with van der Waals surface area (Å²) in [6, 6.07) is 62.0. The van der Waals surface area contributed by atoms with Gasteiger partial charge in [0, 0.05) is 49.7 Å². The van der Waals surface area contributed by atoms with Crippen LogP contribution in [-0.2, 0) is 0 Å². The standard InChI is InChI=1S/C46H29NO2/c1-2-10-33-29-36(28-19-30(33)9-1)47(34-24-20-31(21-25-34)37-13-7-15-41-39-11-3-5-17-43(39)48-45(37)41)35-26-22-32(23-27-35)38-14-8-16-42-40-12-4-6-18-44(40)49-46(38)42/h1-29H. The Balaban J connectivity index is 1.08. The summed E-state index contributed by atoms with van der Waals surface area (Å²) in [5.41, 5.74) is 11.3. The number of hydrogen-bond donors (Lipinski definition) is 0. The van der Waals surface area contributed by atoms with E-state index < -0.39 is 0 Å². The molecule has 0 bridgehead atoms. The van der Waals surface area contributed by atoms with Gasteiger partial charge in [-0.2, -0.15) is 0 Å². The van der Waals surface area contributed by atoms with E-state index in [9.17, 15) is 0 Å². The molecule has 0 atom stereocenters. The molecule has 10 rings (SSSR count). The third-order valence-corrected chi connectivity index (χ3v) is 9.67. The summed E-state index contributed by atoms with van der Waals surface area (Å²) in [6.45, 7) is 0. The summed E-state index contributed by atoms with van der Waals surface area (Å²) in [5, 5.41) is 6.96. The molecule has 0 spiro atoms. The van der Waals surface area contributed by atoms with E-state index in [0.717, 1.165) is 83.2 Å². The summed E-state index contributed by atoms with van der Waals surface area (Å²) in [4.78, 5) is 2.32. The maximum Gasteiger partial charge on any atom is 0.143 e. The van der Waals surface area contributed by atoms with Crippen molar-refractivity contribution in [3.63, 3.8) is 0 Å². The second-order valence-electron chi connectivity index (χ2n) is 12.5. The molecule has 230 valence electrons. The fraction of sp³-hybridized carbons (Fsp3) is 0. The molecule has 3 heteroatoms. The van der Waals surface area contributed by atoms with Gasteiger partial charge in [0.25, 0.3) is 0 Å². The molecule has 10 aromatic rings. The Kier molecular flexibility index (Phi) is 6.18. The first kappa shape index (κ1) is 27.5. The van der Waals surface area contributed by atoms with Crippen molar-refractivity contribution in [1.29, 1.82) is 0 Å². The number of hydrogen-bond acceptors (Lipinski definition) is 3. The fourth-order valence-corrected chi connectivity index (χ4v) is 7.29. The van der Waals surface area contributed by atoms with Gasteiger partial charge in [0.05, 0.1) is 0 Å². The van der Waals surface area contributed by atoms with Gasteiger partial charge < -0.3 is 13.7 Å². The first-order valence-corrected chi connectivity index (χ1v) is 16.6. The van der Waals surface area contributed by atoms with Gasteiger partial charge in [0.15, 0.2) is 0 Å². The number of para-hydroxylation sites is 4. The van der Waals surface area contributed by atoms with E-state index in [2.05, 4.69) is 157 Å². The van der Waals surface area contributed by atoms with Crippen LogP contribution in [0.15, 0.2) is 185 Å². The molecule has 8 aromatic carbocycles. The second-order valence-corrected chi connectivity index (χ2v) is 12.5. The van der Waals surface area contributed by atoms with Crippen LogP contribution in [0.25, 0.3) is 76.9 Å².